The zero-order valence-corrected chi connectivity index (χ0v) is 17.5. The number of carbonyl (C=O) groups is 3. The van der Waals surface area contributed by atoms with Gasteiger partial charge in [-0.05, 0) is 35.1 Å². The fourth-order valence-electron chi connectivity index (χ4n) is 3.60. The first kappa shape index (κ1) is 22.9. The monoisotopic (exact) mass is 438 g/mol. The Hall–Kier alpha value is -3.81. The van der Waals surface area contributed by atoms with E-state index in [-0.39, 0.29) is 6.42 Å². The third-order valence-electron chi connectivity index (χ3n) is 5.28. The van der Waals surface area contributed by atoms with Crippen molar-refractivity contribution < 1.29 is 23.9 Å². The van der Waals surface area contributed by atoms with Gasteiger partial charge in [-0.3, -0.25) is 19.2 Å². The maximum Gasteiger partial charge on any atom is 0.305 e. The van der Waals surface area contributed by atoms with E-state index in [0.717, 1.165) is 11.1 Å². The summed E-state index contributed by atoms with van der Waals surface area (Å²) in [5.74, 6) is -3.10. The lowest BCUT2D eigenvalue weighted by Crippen LogP contribution is -2.47. The van der Waals surface area contributed by atoms with Crippen LogP contribution in [0.15, 0.2) is 65.6 Å². The molecule has 0 aliphatic carbocycles. The van der Waals surface area contributed by atoms with Crippen molar-refractivity contribution in [3.63, 3.8) is 0 Å². The van der Waals surface area contributed by atoms with Gasteiger partial charge in [0.15, 0.2) is 5.78 Å². The molecule has 0 aliphatic heterocycles. The average Bonchev–Trinajstić information content (AvgIpc) is 2.80. The Balaban J connectivity index is 1.97. The lowest BCUT2D eigenvalue weighted by molar-refractivity contribution is -0.140. The van der Waals surface area contributed by atoms with E-state index in [4.69, 9.17) is 5.11 Å². The molecule has 8 heteroatoms. The average molecular weight is 438 g/mol. The Kier molecular flexibility index (Phi) is 7.14. The van der Waals surface area contributed by atoms with Gasteiger partial charge in [-0.15, -0.1) is 0 Å². The van der Waals surface area contributed by atoms with Crippen LogP contribution in [0.5, 0.6) is 0 Å². The van der Waals surface area contributed by atoms with Gasteiger partial charge in [0.25, 0.3) is 5.56 Å². The molecule has 3 aromatic rings. The number of nitrogens with one attached hydrogen (secondary N) is 1. The molecule has 7 nitrogen and oxygen atoms in total. The predicted molar refractivity (Wildman–Crippen MR) is 118 cm³/mol. The zero-order chi connectivity index (χ0) is 23.3. The van der Waals surface area contributed by atoms with Crippen molar-refractivity contribution in [2.24, 2.45) is 0 Å². The Morgan fingerprint density at radius 3 is 2.41 bits per heavy atom. The second-order valence-corrected chi connectivity index (χ2v) is 7.38. The summed E-state index contributed by atoms with van der Waals surface area (Å²) in [6, 6.07) is 14.3. The smallest absolute Gasteiger partial charge is 0.305 e. The largest absolute Gasteiger partial charge is 0.481 e. The second kappa shape index (κ2) is 10.00. The van der Waals surface area contributed by atoms with E-state index >= 15 is 0 Å². The highest BCUT2D eigenvalue weighted by molar-refractivity contribution is 5.93. The van der Waals surface area contributed by atoms with Gasteiger partial charge >= 0.3 is 5.97 Å². The standard InChI is InChI=1S/C24H23FN2O5/c1-2-20(23(31)26-19(13-22(29)30)21(28)14-25)27-11-10-16-8-9-17(12-18(16)24(27)32)15-6-4-3-5-7-15/h3-12,19-20H,2,13-14H2,1H3,(H,26,31)(H,29,30)/t19?,20-/m0/s1. The number of amides is 1. The number of rotatable bonds is 9. The zero-order valence-electron chi connectivity index (χ0n) is 17.5. The first-order valence-electron chi connectivity index (χ1n) is 10.2. The van der Waals surface area contributed by atoms with Crippen LogP contribution in [0.4, 0.5) is 4.39 Å². The molecule has 0 radical (unpaired) electrons. The Bertz CT molecular complexity index is 1210. The molecule has 0 fully saturated rings. The van der Waals surface area contributed by atoms with E-state index in [1.165, 1.54) is 10.8 Å². The molecule has 1 amide bonds. The Morgan fingerprint density at radius 2 is 1.78 bits per heavy atom. The molecule has 2 atom stereocenters. The van der Waals surface area contributed by atoms with E-state index in [1.807, 2.05) is 42.5 Å². The fourth-order valence-corrected chi connectivity index (χ4v) is 3.60. The Morgan fingerprint density at radius 1 is 1.06 bits per heavy atom. The third kappa shape index (κ3) is 4.91. The number of pyridine rings is 1. The van der Waals surface area contributed by atoms with Gasteiger partial charge in [0.2, 0.25) is 5.91 Å². The number of carboxylic acid groups (broad SMARTS) is 1. The topological polar surface area (TPSA) is 105 Å². The second-order valence-electron chi connectivity index (χ2n) is 7.38. The number of aromatic nitrogens is 1. The fraction of sp³-hybridized carbons (Fsp3) is 0.250. The summed E-state index contributed by atoms with van der Waals surface area (Å²) in [4.78, 5) is 48.8. The van der Waals surface area contributed by atoms with Crippen LogP contribution < -0.4 is 10.9 Å². The molecule has 0 aliphatic rings. The predicted octanol–water partition coefficient (Wildman–Crippen LogP) is 3.12. The van der Waals surface area contributed by atoms with Crippen LogP contribution in [0.1, 0.15) is 25.8 Å². The first-order valence-corrected chi connectivity index (χ1v) is 10.2. The van der Waals surface area contributed by atoms with Crippen LogP contribution in [-0.2, 0) is 14.4 Å². The van der Waals surface area contributed by atoms with Gasteiger partial charge in [-0.1, -0.05) is 49.4 Å². The van der Waals surface area contributed by atoms with E-state index in [0.29, 0.717) is 10.8 Å². The van der Waals surface area contributed by atoms with Crippen LogP contribution in [-0.4, -0.2) is 40.0 Å². The van der Waals surface area contributed by atoms with E-state index in [2.05, 4.69) is 5.32 Å². The SMILES string of the molecule is CC[C@@H](C(=O)NC(CC(=O)O)C(=O)CF)n1ccc2ccc(-c3ccccc3)cc2c1=O. The van der Waals surface area contributed by atoms with Gasteiger partial charge in [0, 0.05) is 11.6 Å². The van der Waals surface area contributed by atoms with Crippen molar-refractivity contribution in [1.29, 1.82) is 0 Å². The minimum Gasteiger partial charge on any atom is -0.481 e. The number of carboxylic acids is 1. The van der Waals surface area contributed by atoms with Crippen LogP contribution in [0.3, 0.4) is 0 Å². The molecule has 0 spiro atoms. The summed E-state index contributed by atoms with van der Waals surface area (Å²) in [6.07, 6.45) is 0.959. The van der Waals surface area contributed by atoms with Crippen molar-refractivity contribution in [3.05, 3.63) is 71.1 Å². The number of benzene rings is 2. The number of nitrogens with zero attached hydrogens (tertiary/aromatic N) is 1. The number of ketones is 1. The van der Waals surface area contributed by atoms with E-state index < -0.39 is 48.4 Å². The van der Waals surface area contributed by atoms with Crippen LogP contribution in [0.25, 0.3) is 21.9 Å². The summed E-state index contributed by atoms with van der Waals surface area (Å²) in [6.45, 7) is 0.289. The molecule has 1 unspecified atom stereocenters. The van der Waals surface area contributed by atoms with E-state index in [9.17, 15) is 23.6 Å². The highest BCUT2D eigenvalue weighted by Gasteiger charge is 2.28. The molecule has 2 N–H and O–H groups in total. The number of halogens is 1. The molecule has 3 rings (SSSR count). The maximum atomic E-state index is 13.2. The number of aliphatic carboxylic acids is 1. The molecule has 2 aromatic carbocycles. The number of alkyl halides is 1. The van der Waals surface area contributed by atoms with Gasteiger partial charge in [0.1, 0.15) is 18.8 Å². The summed E-state index contributed by atoms with van der Waals surface area (Å²) in [5.41, 5.74) is 1.39. The van der Waals surface area contributed by atoms with Crippen molar-refractivity contribution in [3.8, 4) is 11.1 Å². The van der Waals surface area contributed by atoms with Crippen molar-refractivity contribution in [2.45, 2.75) is 31.8 Å². The van der Waals surface area contributed by atoms with E-state index in [1.54, 1.807) is 19.1 Å². The van der Waals surface area contributed by atoms with Gasteiger partial charge < -0.3 is 15.0 Å². The number of Topliss-reactive ketones (excluding diaryl/α,β-unsaturated/α-hetero) is 1. The maximum absolute atomic E-state index is 13.2. The molecule has 0 saturated carbocycles. The molecule has 32 heavy (non-hydrogen) atoms. The van der Waals surface area contributed by atoms with Gasteiger partial charge in [-0.25, -0.2) is 4.39 Å². The third-order valence-corrected chi connectivity index (χ3v) is 5.28. The van der Waals surface area contributed by atoms with Crippen LogP contribution in [0.2, 0.25) is 0 Å². The molecule has 0 saturated heterocycles. The van der Waals surface area contributed by atoms with Crippen LogP contribution >= 0.6 is 0 Å². The van der Waals surface area contributed by atoms with Crippen molar-refractivity contribution >= 4 is 28.4 Å². The number of hydrogen-bond acceptors (Lipinski definition) is 4. The highest BCUT2D eigenvalue weighted by Crippen LogP contribution is 2.23. The number of fused-ring (bicyclic) bond motifs is 1. The van der Waals surface area contributed by atoms with Crippen molar-refractivity contribution in [2.75, 3.05) is 6.67 Å². The van der Waals surface area contributed by atoms with Crippen molar-refractivity contribution in [1.82, 2.24) is 9.88 Å². The van der Waals surface area contributed by atoms with Gasteiger partial charge in [0.05, 0.1) is 6.42 Å². The van der Waals surface area contributed by atoms with Crippen LogP contribution in [0, 0.1) is 0 Å². The van der Waals surface area contributed by atoms with Gasteiger partial charge in [-0.2, -0.15) is 0 Å². The molecule has 1 aromatic heterocycles. The quantitative estimate of drug-likeness (QED) is 0.534. The molecule has 1 heterocycles. The molecule has 166 valence electrons. The minimum absolute atomic E-state index is 0.208. The Labute approximate surface area is 183 Å². The highest BCUT2D eigenvalue weighted by atomic mass is 19.1. The summed E-state index contributed by atoms with van der Waals surface area (Å²) < 4.78 is 14.1. The normalized spacial score (nSPS) is 12.8. The lowest BCUT2D eigenvalue weighted by Gasteiger charge is -2.21. The lowest BCUT2D eigenvalue weighted by atomic mass is 10.0. The molecular weight excluding hydrogens is 415 g/mol. The summed E-state index contributed by atoms with van der Waals surface area (Å²) in [5, 5.41) is 12.4. The molecule has 0 bridgehead atoms. The minimum atomic E-state index is -1.50. The molecular formula is C24H23FN2O5. The number of hydrogen-bond donors (Lipinski definition) is 2. The first-order chi connectivity index (χ1) is 15.3. The summed E-state index contributed by atoms with van der Waals surface area (Å²) >= 11 is 0. The number of carbonyl (C=O) groups excluding carboxylic acids is 2. The summed E-state index contributed by atoms with van der Waals surface area (Å²) in [7, 11) is 0.